The highest BCUT2D eigenvalue weighted by molar-refractivity contribution is 8.00. The molecule has 0 heterocycles. The number of para-hydroxylation sites is 1. The highest BCUT2D eigenvalue weighted by atomic mass is 32.2. The molecule has 0 amide bonds. The van der Waals surface area contributed by atoms with Gasteiger partial charge in [0.05, 0.1) is 0 Å². The molecule has 1 aliphatic rings. The van der Waals surface area contributed by atoms with E-state index >= 15 is 0 Å². The molecule has 1 fully saturated rings. The molecule has 4 N–H and O–H groups in total. The van der Waals surface area contributed by atoms with E-state index in [0.29, 0.717) is 11.3 Å². The Balaban J connectivity index is 2.01. The molecule has 1 saturated carbocycles. The van der Waals surface area contributed by atoms with Crippen molar-refractivity contribution in [2.75, 3.05) is 5.73 Å². The number of aryl methyl sites for hydroxylation is 1. The van der Waals surface area contributed by atoms with Gasteiger partial charge in [0, 0.05) is 21.9 Å². The van der Waals surface area contributed by atoms with Crippen LogP contribution in [0.4, 0.5) is 5.69 Å². The average molecular weight is 236 g/mol. The van der Waals surface area contributed by atoms with Gasteiger partial charge in [-0.15, -0.1) is 11.8 Å². The van der Waals surface area contributed by atoms with Gasteiger partial charge in [-0.2, -0.15) is 0 Å². The quantitative estimate of drug-likeness (QED) is 0.776. The summed E-state index contributed by atoms with van der Waals surface area (Å²) in [6.07, 6.45) is 4.76. The van der Waals surface area contributed by atoms with Gasteiger partial charge in [-0.1, -0.05) is 12.1 Å². The fourth-order valence-electron chi connectivity index (χ4n) is 2.14. The fraction of sp³-hybridized carbons (Fsp3) is 0.538. The van der Waals surface area contributed by atoms with E-state index in [4.69, 9.17) is 11.5 Å². The second kappa shape index (κ2) is 5.11. The Kier molecular flexibility index (Phi) is 3.77. The zero-order valence-electron chi connectivity index (χ0n) is 9.78. The van der Waals surface area contributed by atoms with Crippen LogP contribution >= 0.6 is 11.8 Å². The highest BCUT2D eigenvalue weighted by Crippen LogP contribution is 2.36. The van der Waals surface area contributed by atoms with Crippen LogP contribution in [0.2, 0.25) is 0 Å². The maximum atomic E-state index is 6.08. The van der Waals surface area contributed by atoms with Crippen LogP contribution in [0.1, 0.15) is 31.2 Å². The van der Waals surface area contributed by atoms with E-state index in [9.17, 15) is 0 Å². The fourth-order valence-corrected chi connectivity index (χ4v) is 3.45. The molecule has 88 valence electrons. The lowest BCUT2D eigenvalue weighted by atomic mass is 9.96. The van der Waals surface area contributed by atoms with Crippen LogP contribution in [0.15, 0.2) is 23.1 Å². The normalized spacial score (nSPS) is 25.6. The zero-order valence-corrected chi connectivity index (χ0v) is 10.6. The summed E-state index contributed by atoms with van der Waals surface area (Å²) in [5.74, 6) is 0. The van der Waals surface area contributed by atoms with Crippen molar-refractivity contribution in [3.8, 4) is 0 Å². The summed E-state index contributed by atoms with van der Waals surface area (Å²) < 4.78 is 0. The third kappa shape index (κ3) is 2.71. The smallest absolute Gasteiger partial charge is 0.0482 e. The SMILES string of the molecule is Cc1cccc(SC2CCC(N)CC2)c1N. The Morgan fingerprint density at radius 1 is 1.19 bits per heavy atom. The van der Waals surface area contributed by atoms with Gasteiger partial charge in [0.25, 0.3) is 0 Å². The van der Waals surface area contributed by atoms with Gasteiger partial charge in [0.15, 0.2) is 0 Å². The number of anilines is 1. The van der Waals surface area contributed by atoms with Crippen molar-refractivity contribution in [2.45, 2.75) is 48.8 Å². The van der Waals surface area contributed by atoms with Gasteiger partial charge in [0.2, 0.25) is 0 Å². The Morgan fingerprint density at radius 3 is 2.56 bits per heavy atom. The number of thioether (sulfide) groups is 1. The van der Waals surface area contributed by atoms with Gasteiger partial charge in [-0.3, -0.25) is 0 Å². The minimum atomic E-state index is 0.423. The van der Waals surface area contributed by atoms with E-state index in [1.54, 1.807) is 0 Å². The van der Waals surface area contributed by atoms with Gasteiger partial charge in [-0.25, -0.2) is 0 Å². The number of hydrogen-bond donors (Lipinski definition) is 2. The largest absolute Gasteiger partial charge is 0.398 e. The van der Waals surface area contributed by atoms with E-state index in [0.717, 1.165) is 18.5 Å². The summed E-state index contributed by atoms with van der Waals surface area (Å²) in [6.45, 7) is 2.07. The highest BCUT2D eigenvalue weighted by Gasteiger charge is 2.20. The van der Waals surface area contributed by atoms with Gasteiger partial charge in [-0.05, 0) is 44.2 Å². The molecule has 3 heteroatoms. The third-order valence-corrected chi connectivity index (χ3v) is 4.71. The zero-order chi connectivity index (χ0) is 11.5. The van der Waals surface area contributed by atoms with Crippen molar-refractivity contribution >= 4 is 17.4 Å². The van der Waals surface area contributed by atoms with Crippen LogP contribution < -0.4 is 11.5 Å². The van der Waals surface area contributed by atoms with Crippen LogP contribution in [0.3, 0.4) is 0 Å². The lowest BCUT2D eigenvalue weighted by Gasteiger charge is -2.26. The van der Waals surface area contributed by atoms with Crippen LogP contribution in [-0.4, -0.2) is 11.3 Å². The van der Waals surface area contributed by atoms with E-state index < -0.39 is 0 Å². The van der Waals surface area contributed by atoms with Crippen molar-refractivity contribution in [3.63, 3.8) is 0 Å². The molecule has 16 heavy (non-hydrogen) atoms. The molecule has 0 bridgehead atoms. The first-order chi connectivity index (χ1) is 7.66. The molecule has 2 rings (SSSR count). The molecule has 1 aromatic rings. The summed E-state index contributed by atoms with van der Waals surface area (Å²) in [4.78, 5) is 1.24. The molecule has 0 radical (unpaired) electrons. The minimum absolute atomic E-state index is 0.423. The molecule has 0 aliphatic heterocycles. The lowest BCUT2D eigenvalue weighted by Crippen LogP contribution is -2.27. The molecule has 1 aromatic carbocycles. The van der Waals surface area contributed by atoms with E-state index in [-0.39, 0.29) is 0 Å². The maximum Gasteiger partial charge on any atom is 0.0482 e. The summed E-state index contributed by atoms with van der Waals surface area (Å²) in [5.41, 5.74) is 14.1. The summed E-state index contributed by atoms with van der Waals surface area (Å²) in [7, 11) is 0. The number of nitrogen functional groups attached to an aromatic ring is 1. The molecule has 1 aliphatic carbocycles. The Labute approximate surface area is 102 Å². The van der Waals surface area contributed by atoms with E-state index in [1.807, 2.05) is 11.8 Å². The van der Waals surface area contributed by atoms with E-state index in [1.165, 1.54) is 23.3 Å². The predicted molar refractivity (Wildman–Crippen MR) is 71.7 cm³/mol. The standard InChI is InChI=1S/C13H20N2S/c1-9-3-2-4-12(13(9)15)16-11-7-5-10(14)6-8-11/h2-4,10-11H,5-8,14-15H2,1H3. The van der Waals surface area contributed by atoms with Crippen LogP contribution in [0, 0.1) is 6.92 Å². The number of benzene rings is 1. The number of rotatable bonds is 2. The van der Waals surface area contributed by atoms with Crippen LogP contribution in [0.25, 0.3) is 0 Å². The van der Waals surface area contributed by atoms with E-state index in [2.05, 4.69) is 25.1 Å². The number of nitrogens with two attached hydrogens (primary N) is 2. The minimum Gasteiger partial charge on any atom is -0.398 e. The summed E-state index contributed by atoms with van der Waals surface area (Å²) in [5, 5.41) is 0.698. The third-order valence-electron chi connectivity index (χ3n) is 3.30. The van der Waals surface area contributed by atoms with Gasteiger partial charge in [0.1, 0.15) is 0 Å². The first-order valence-corrected chi connectivity index (χ1v) is 6.82. The van der Waals surface area contributed by atoms with Crippen molar-refractivity contribution in [2.24, 2.45) is 5.73 Å². The van der Waals surface area contributed by atoms with Gasteiger partial charge >= 0.3 is 0 Å². The summed E-state index contributed by atoms with van der Waals surface area (Å²) in [6, 6.07) is 6.70. The molecule has 0 atom stereocenters. The molecule has 0 saturated heterocycles. The van der Waals surface area contributed by atoms with Crippen molar-refractivity contribution in [1.82, 2.24) is 0 Å². The molecular formula is C13H20N2S. The van der Waals surface area contributed by atoms with Crippen molar-refractivity contribution < 1.29 is 0 Å². The molecule has 0 aromatic heterocycles. The molecule has 0 spiro atoms. The monoisotopic (exact) mass is 236 g/mol. The topological polar surface area (TPSA) is 52.0 Å². The second-order valence-electron chi connectivity index (χ2n) is 4.64. The summed E-state index contributed by atoms with van der Waals surface area (Å²) >= 11 is 1.93. The maximum absolute atomic E-state index is 6.08. The Hall–Kier alpha value is -0.670. The second-order valence-corrected chi connectivity index (χ2v) is 5.98. The van der Waals surface area contributed by atoms with Crippen LogP contribution in [0.5, 0.6) is 0 Å². The average Bonchev–Trinajstić information content (AvgIpc) is 2.28. The lowest BCUT2D eigenvalue weighted by molar-refractivity contribution is 0.451. The Morgan fingerprint density at radius 2 is 1.88 bits per heavy atom. The van der Waals surface area contributed by atoms with Crippen LogP contribution in [-0.2, 0) is 0 Å². The van der Waals surface area contributed by atoms with Crippen molar-refractivity contribution in [1.29, 1.82) is 0 Å². The first-order valence-electron chi connectivity index (χ1n) is 5.94. The predicted octanol–water partition coefficient (Wildman–Crippen LogP) is 2.94. The first kappa shape index (κ1) is 11.8. The molecule has 0 unspecified atom stereocenters. The van der Waals surface area contributed by atoms with Crippen molar-refractivity contribution in [3.05, 3.63) is 23.8 Å². The Bertz CT molecular complexity index is 357. The van der Waals surface area contributed by atoms with Gasteiger partial charge < -0.3 is 11.5 Å². The molecule has 2 nitrogen and oxygen atoms in total. The number of hydrogen-bond acceptors (Lipinski definition) is 3. The molecular weight excluding hydrogens is 216 g/mol.